The van der Waals surface area contributed by atoms with Gasteiger partial charge in [0.25, 0.3) is 0 Å². The van der Waals surface area contributed by atoms with Gasteiger partial charge in [0.2, 0.25) is 0 Å². The Labute approximate surface area is 136 Å². The molecular weight excluding hydrogens is 348 g/mol. The number of aromatic carboxylic acids is 1. The Morgan fingerprint density at radius 2 is 2.05 bits per heavy atom. The minimum atomic E-state index is -0.950. The summed E-state index contributed by atoms with van der Waals surface area (Å²) in [6.45, 7) is 2.54. The van der Waals surface area contributed by atoms with E-state index in [9.17, 15) is 4.79 Å². The lowest BCUT2D eigenvalue weighted by Gasteiger charge is -2.06. The average molecular weight is 363 g/mol. The van der Waals surface area contributed by atoms with E-state index in [0.29, 0.717) is 12.3 Å². The standard InChI is InChI=1S/C16H15BrN2O3/c1-2-22-15-8-3-11(9-14(15)17)10-18-19-13-6-4-12(5-7-13)16(20)21/h3-10,19H,2H2,1H3,(H,20,21). The highest BCUT2D eigenvalue weighted by Gasteiger charge is 2.02. The van der Waals surface area contributed by atoms with Gasteiger partial charge in [-0.15, -0.1) is 0 Å². The molecule has 2 N–H and O–H groups in total. The van der Waals surface area contributed by atoms with Crippen molar-refractivity contribution in [3.05, 3.63) is 58.1 Å². The van der Waals surface area contributed by atoms with Crippen LogP contribution in [0.15, 0.2) is 52.0 Å². The molecule has 22 heavy (non-hydrogen) atoms. The molecule has 0 saturated heterocycles. The second-order valence-corrected chi connectivity index (χ2v) is 5.23. The van der Waals surface area contributed by atoms with Crippen LogP contribution in [-0.4, -0.2) is 23.9 Å². The molecule has 0 radical (unpaired) electrons. The molecule has 0 fully saturated rings. The van der Waals surface area contributed by atoms with Gasteiger partial charge in [-0.05, 0) is 70.9 Å². The molecule has 0 aliphatic carbocycles. The number of nitrogens with zero attached hydrogens (tertiary/aromatic N) is 1. The van der Waals surface area contributed by atoms with Gasteiger partial charge in [0.05, 0.1) is 28.5 Å². The number of nitrogens with one attached hydrogen (secondary N) is 1. The van der Waals surface area contributed by atoms with Gasteiger partial charge in [-0.1, -0.05) is 0 Å². The third kappa shape index (κ3) is 4.33. The molecule has 0 aliphatic rings. The number of benzene rings is 2. The maximum atomic E-state index is 10.8. The minimum absolute atomic E-state index is 0.241. The molecule has 0 heterocycles. The first-order valence-electron chi connectivity index (χ1n) is 6.65. The SMILES string of the molecule is CCOc1ccc(C=NNc2ccc(C(=O)O)cc2)cc1Br. The van der Waals surface area contributed by atoms with Crippen LogP contribution in [0.1, 0.15) is 22.8 Å². The molecule has 0 atom stereocenters. The Balaban J connectivity index is 2.00. The number of hydrazone groups is 1. The summed E-state index contributed by atoms with van der Waals surface area (Å²) in [5, 5.41) is 12.9. The summed E-state index contributed by atoms with van der Waals surface area (Å²) in [5.74, 6) is -0.161. The van der Waals surface area contributed by atoms with Crippen molar-refractivity contribution < 1.29 is 14.6 Å². The van der Waals surface area contributed by atoms with Gasteiger partial charge in [-0.25, -0.2) is 4.79 Å². The molecule has 2 rings (SSSR count). The highest BCUT2D eigenvalue weighted by molar-refractivity contribution is 9.10. The van der Waals surface area contributed by atoms with Crippen LogP contribution in [0.25, 0.3) is 0 Å². The molecule has 0 unspecified atom stereocenters. The van der Waals surface area contributed by atoms with Gasteiger partial charge in [-0.2, -0.15) is 5.10 Å². The maximum absolute atomic E-state index is 10.8. The molecule has 6 heteroatoms. The number of ether oxygens (including phenoxy) is 1. The number of anilines is 1. The van der Waals surface area contributed by atoms with Crippen LogP contribution >= 0.6 is 15.9 Å². The number of carboxylic acid groups (broad SMARTS) is 1. The Kier molecular flexibility index (Phi) is 5.55. The van der Waals surface area contributed by atoms with E-state index < -0.39 is 5.97 Å². The van der Waals surface area contributed by atoms with Gasteiger partial charge in [-0.3, -0.25) is 5.43 Å². The van der Waals surface area contributed by atoms with Gasteiger partial charge in [0.1, 0.15) is 5.75 Å². The topological polar surface area (TPSA) is 70.9 Å². The molecule has 114 valence electrons. The van der Waals surface area contributed by atoms with E-state index in [1.807, 2.05) is 25.1 Å². The fourth-order valence-electron chi connectivity index (χ4n) is 1.74. The first kappa shape index (κ1) is 16.0. The monoisotopic (exact) mass is 362 g/mol. The molecule has 0 bridgehead atoms. The highest BCUT2D eigenvalue weighted by atomic mass is 79.9. The van der Waals surface area contributed by atoms with Crippen LogP contribution in [-0.2, 0) is 0 Å². The van der Waals surface area contributed by atoms with E-state index >= 15 is 0 Å². The van der Waals surface area contributed by atoms with E-state index in [1.165, 1.54) is 12.1 Å². The van der Waals surface area contributed by atoms with Gasteiger partial charge in [0, 0.05) is 0 Å². The van der Waals surface area contributed by atoms with Crippen molar-refractivity contribution in [2.75, 3.05) is 12.0 Å². The van der Waals surface area contributed by atoms with Gasteiger partial charge < -0.3 is 9.84 Å². The Bertz CT molecular complexity index is 684. The molecule has 0 aliphatic heterocycles. The van der Waals surface area contributed by atoms with Gasteiger partial charge >= 0.3 is 5.97 Å². The third-order valence-corrected chi connectivity index (χ3v) is 3.41. The normalized spacial score (nSPS) is 10.6. The van der Waals surface area contributed by atoms with E-state index in [4.69, 9.17) is 9.84 Å². The lowest BCUT2D eigenvalue weighted by molar-refractivity contribution is 0.0697. The summed E-state index contributed by atoms with van der Waals surface area (Å²) in [4.78, 5) is 10.8. The molecule has 5 nitrogen and oxygen atoms in total. The second-order valence-electron chi connectivity index (χ2n) is 4.38. The summed E-state index contributed by atoms with van der Waals surface area (Å²) in [6.07, 6.45) is 1.67. The van der Waals surface area contributed by atoms with Crippen molar-refractivity contribution in [3.63, 3.8) is 0 Å². The average Bonchev–Trinajstić information content (AvgIpc) is 2.50. The Morgan fingerprint density at radius 1 is 1.32 bits per heavy atom. The number of carbonyl (C=O) groups is 1. The number of hydrogen-bond donors (Lipinski definition) is 2. The van der Waals surface area contributed by atoms with Crippen molar-refractivity contribution in [1.82, 2.24) is 0 Å². The van der Waals surface area contributed by atoms with E-state index in [1.54, 1.807) is 18.3 Å². The largest absolute Gasteiger partial charge is 0.493 e. The predicted octanol–water partition coefficient (Wildman–Crippen LogP) is 3.99. The molecule has 2 aromatic carbocycles. The molecule has 0 aromatic heterocycles. The van der Waals surface area contributed by atoms with E-state index in [0.717, 1.165) is 15.8 Å². The lowest BCUT2D eigenvalue weighted by atomic mass is 10.2. The number of hydrogen-bond acceptors (Lipinski definition) is 4. The zero-order valence-corrected chi connectivity index (χ0v) is 13.5. The summed E-state index contributed by atoms with van der Waals surface area (Å²) in [7, 11) is 0. The predicted molar refractivity (Wildman–Crippen MR) is 89.9 cm³/mol. The number of rotatable bonds is 6. The summed E-state index contributed by atoms with van der Waals surface area (Å²) in [5.41, 5.74) is 4.71. The van der Waals surface area contributed by atoms with Crippen molar-refractivity contribution in [2.45, 2.75) is 6.92 Å². The highest BCUT2D eigenvalue weighted by Crippen LogP contribution is 2.25. The lowest BCUT2D eigenvalue weighted by Crippen LogP contribution is -1.96. The van der Waals surface area contributed by atoms with E-state index in [-0.39, 0.29) is 5.56 Å². The maximum Gasteiger partial charge on any atom is 0.335 e. The zero-order chi connectivity index (χ0) is 15.9. The van der Waals surface area contributed by atoms with Crippen LogP contribution in [0.2, 0.25) is 0 Å². The summed E-state index contributed by atoms with van der Waals surface area (Å²) in [6, 6.07) is 12.0. The Hall–Kier alpha value is -2.34. The summed E-state index contributed by atoms with van der Waals surface area (Å²) >= 11 is 3.44. The summed E-state index contributed by atoms with van der Waals surface area (Å²) < 4.78 is 6.31. The first-order valence-corrected chi connectivity index (χ1v) is 7.44. The van der Waals surface area contributed by atoms with Crippen molar-refractivity contribution in [1.29, 1.82) is 0 Å². The van der Waals surface area contributed by atoms with Crippen molar-refractivity contribution in [3.8, 4) is 5.75 Å². The van der Waals surface area contributed by atoms with Crippen LogP contribution in [0.5, 0.6) is 5.75 Å². The van der Waals surface area contributed by atoms with Crippen LogP contribution < -0.4 is 10.2 Å². The second kappa shape index (κ2) is 7.61. The molecule has 0 amide bonds. The first-order chi connectivity index (χ1) is 10.6. The van der Waals surface area contributed by atoms with E-state index in [2.05, 4.69) is 26.5 Å². The van der Waals surface area contributed by atoms with Gasteiger partial charge in [0.15, 0.2) is 0 Å². The van der Waals surface area contributed by atoms with Crippen LogP contribution in [0, 0.1) is 0 Å². The molecular formula is C16H15BrN2O3. The van der Waals surface area contributed by atoms with Crippen LogP contribution in [0.3, 0.4) is 0 Å². The number of halogens is 1. The fraction of sp³-hybridized carbons (Fsp3) is 0.125. The zero-order valence-electron chi connectivity index (χ0n) is 11.9. The third-order valence-electron chi connectivity index (χ3n) is 2.79. The quantitative estimate of drug-likeness (QED) is 0.601. The smallest absolute Gasteiger partial charge is 0.335 e. The molecule has 0 saturated carbocycles. The number of carboxylic acids is 1. The Morgan fingerprint density at radius 3 is 2.64 bits per heavy atom. The fourth-order valence-corrected chi connectivity index (χ4v) is 2.25. The van der Waals surface area contributed by atoms with Crippen molar-refractivity contribution >= 4 is 33.8 Å². The minimum Gasteiger partial charge on any atom is -0.493 e. The van der Waals surface area contributed by atoms with Crippen molar-refractivity contribution in [2.24, 2.45) is 5.10 Å². The molecule has 0 spiro atoms. The molecule has 2 aromatic rings. The van der Waals surface area contributed by atoms with Crippen LogP contribution in [0.4, 0.5) is 5.69 Å².